The van der Waals surface area contributed by atoms with Crippen LogP contribution in [-0.2, 0) is 18.9 Å². The van der Waals surface area contributed by atoms with Crippen LogP contribution < -0.4 is 0 Å². The summed E-state index contributed by atoms with van der Waals surface area (Å²) in [7, 11) is 0. The number of fused-ring (bicyclic) bond motifs is 1. The second-order valence-electron chi connectivity index (χ2n) is 7.22. The van der Waals surface area contributed by atoms with E-state index in [0.29, 0.717) is 11.1 Å². The number of terminal acetylenes is 1. The Morgan fingerprint density at radius 3 is 2.10 bits per heavy atom. The lowest BCUT2D eigenvalue weighted by Gasteiger charge is -2.23. The van der Waals surface area contributed by atoms with Crippen LogP contribution in [0.15, 0.2) is 48.5 Å². The molecule has 0 unspecified atom stereocenters. The van der Waals surface area contributed by atoms with Crippen molar-refractivity contribution in [2.45, 2.75) is 37.9 Å². The van der Waals surface area contributed by atoms with Crippen molar-refractivity contribution in [3.63, 3.8) is 0 Å². The molecule has 2 saturated heterocycles. The van der Waals surface area contributed by atoms with Crippen LogP contribution in [-0.4, -0.2) is 42.6 Å². The number of aryl methyl sites for hydroxylation is 2. The molecule has 0 bridgehead atoms. The van der Waals surface area contributed by atoms with Crippen LogP contribution >= 0.6 is 0 Å². The molecule has 29 heavy (non-hydrogen) atoms. The zero-order chi connectivity index (χ0) is 20.6. The molecule has 0 N–H and O–H groups in total. The van der Waals surface area contributed by atoms with Gasteiger partial charge in [0.25, 0.3) is 0 Å². The maximum Gasteiger partial charge on any atom is 0.338 e. The summed E-state index contributed by atoms with van der Waals surface area (Å²) in [4.78, 5) is 24.8. The van der Waals surface area contributed by atoms with Crippen molar-refractivity contribution in [3.05, 3.63) is 70.8 Å². The number of epoxide rings is 1. The predicted molar refractivity (Wildman–Crippen MR) is 103 cm³/mol. The second-order valence-corrected chi connectivity index (χ2v) is 7.22. The van der Waals surface area contributed by atoms with Gasteiger partial charge < -0.3 is 18.9 Å². The molecule has 0 radical (unpaired) electrons. The summed E-state index contributed by atoms with van der Waals surface area (Å²) in [6.07, 6.45) is 3.34. The molecule has 4 rings (SSSR count). The monoisotopic (exact) mass is 392 g/mol. The molecule has 2 fully saturated rings. The number of carbonyl (C=O) groups is 2. The van der Waals surface area contributed by atoms with Crippen molar-refractivity contribution in [3.8, 4) is 12.3 Å². The molecule has 2 aromatic rings. The van der Waals surface area contributed by atoms with Crippen LogP contribution in [0.2, 0.25) is 0 Å². The summed E-state index contributed by atoms with van der Waals surface area (Å²) in [6, 6.07) is 14.0. The van der Waals surface area contributed by atoms with Gasteiger partial charge in [-0.15, -0.1) is 6.42 Å². The highest BCUT2D eigenvalue weighted by Gasteiger charge is 2.73. The molecule has 4 atom stereocenters. The number of rotatable bonds is 5. The highest BCUT2D eigenvalue weighted by atomic mass is 16.8. The summed E-state index contributed by atoms with van der Waals surface area (Å²) < 4.78 is 22.1. The Balaban J connectivity index is 1.44. The van der Waals surface area contributed by atoms with E-state index < -0.39 is 36.0 Å². The highest BCUT2D eigenvalue weighted by molar-refractivity contribution is 5.90. The summed E-state index contributed by atoms with van der Waals surface area (Å²) >= 11 is 0. The molecule has 2 aromatic carbocycles. The first kappa shape index (κ1) is 19.2. The molecule has 0 amide bonds. The lowest BCUT2D eigenvalue weighted by molar-refractivity contribution is -0.101. The Bertz CT molecular complexity index is 972. The number of hydrogen-bond acceptors (Lipinski definition) is 6. The molecular weight excluding hydrogens is 372 g/mol. The average Bonchev–Trinajstić information content (AvgIpc) is 3.36. The van der Waals surface area contributed by atoms with E-state index >= 15 is 0 Å². The topological polar surface area (TPSA) is 74.4 Å². The molecule has 0 saturated carbocycles. The van der Waals surface area contributed by atoms with Gasteiger partial charge in [-0.2, -0.15) is 0 Å². The van der Waals surface area contributed by atoms with Gasteiger partial charge in [-0.05, 0) is 38.1 Å². The van der Waals surface area contributed by atoms with Gasteiger partial charge in [0.2, 0.25) is 11.9 Å². The Morgan fingerprint density at radius 2 is 1.55 bits per heavy atom. The minimum Gasteiger partial charge on any atom is -0.459 e. The molecular formula is C23H20O6. The second kappa shape index (κ2) is 7.36. The Labute approximate surface area is 168 Å². The maximum atomic E-state index is 12.6. The highest BCUT2D eigenvalue weighted by Crippen LogP contribution is 2.50. The Hall–Kier alpha value is -3.14. The summed E-state index contributed by atoms with van der Waals surface area (Å²) in [5.74, 6) is 1.49. The number of ether oxygens (including phenoxy) is 4. The van der Waals surface area contributed by atoms with Crippen molar-refractivity contribution < 1.29 is 28.5 Å². The molecule has 2 aliphatic heterocycles. The molecule has 0 spiro atoms. The molecule has 6 heteroatoms. The van der Waals surface area contributed by atoms with Crippen molar-refractivity contribution in [1.82, 2.24) is 0 Å². The van der Waals surface area contributed by atoms with Gasteiger partial charge in [-0.1, -0.05) is 41.3 Å². The first-order valence-corrected chi connectivity index (χ1v) is 9.25. The van der Waals surface area contributed by atoms with Gasteiger partial charge in [0, 0.05) is 0 Å². The normalized spacial score (nSPS) is 26.9. The standard InChI is InChI=1S/C23H20O6/c1-4-23-19(28-21(25)17-11-7-15(3)8-12-17)18(27-22(23)29-23)13-26-20(24)16-9-5-14(2)6-10-16/h1,5-12,18-19,22H,13H2,2-3H3/t18-,19-,22-,23-/m1/s1. The Kier molecular flexibility index (Phi) is 4.87. The number of hydrogen-bond donors (Lipinski definition) is 0. The van der Waals surface area contributed by atoms with Crippen LogP contribution in [0.5, 0.6) is 0 Å². The number of benzene rings is 2. The third kappa shape index (κ3) is 3.63. The van der Waals surface area contributed by atoms with Crippen LogP contribution in [0.25, 0.3) is 0 Å². The van der Waals surface area contributed by atoms with Crippen molar-refractivity contribution in [2.24, 2.45) is 0 Å². The number of carbonyl (C=O) groups excluding carboxylic acids is 2. The van der Waals surface area contributed by atoms with Gasteiger partial charge in [0.1, 0.15) is 12.7 Å². The van der Waals surface area contributed by atoms with E-state index in [1.54, 1.807) is 24.3 Å². The van der Waals surface area contributed by atoms with Crippen molar-refractivity contribution >= 4 is 11.9 Å². The zero-order valence-electron chi connectivity index (χ0n) is 16.1. The van der Waals surface area contributed by atoms with E-state index in [2.05, 4.69) is 5.92 Å². The van der Waals surface area contributed by atoms with Crippen LogP contribution in [0, 0.1) is 26.2 Å². The summed E-state index contributed by atoms with van der Waals surface area (Å²) in [6.45, 7) is 3.75. The van der Waals surface area contributed by atoms with E-state index in [0.717, 1.165) is 11.1 Å². The van der Waals surface area contributed by atoms with E-state index in [-0.39, 0.29) is 6.61 Å². The summed E-state index contributed by atoms with van der Waals surface area (Å²) in [5.41, 5.74) is 1.74. The van der Waals surface area contributed by atoms with Gasteiger partial charge >= 0.3 is 11.9 Å². The van der Waals surface area contributed by atoms with Gasteiger partial charge in [0.15, 0.2) is 6.10 Å². The minimum absolute atomic E-state index is 0.109. The molecule has 2 heterocycles. The molecule has 2 aliphatic rings. The third-order valence-corrected chi connectivity index (χ3v) is 5.07. The van der Waals surface area contributed by atoms with Gasteiger partial charge in [-0.3, -0.25) is 0 Å². The van der Waals surface area contributed by atoms with Crippen LogP contribution in [0.1, 0.15) is 31.8 Å². The van der Waals surface area contributed by atoms with Crippen LogP contribution in [0.3, 0.4) is 0 Å². The largest absolute Gasteiger partial charge is 0.459 e. The predicted octanol–water partition coefficient (Wildman–Crippen LogP) is 2.81. The van der Waals surface area contributed by atoms with E-state index in [4.69, 9.17) is 25.4 Å². The van der Waals surface area contributed by atoms with Crippen molar-refractivity contribution in [2.75, 3.05) is 6.61 Å². The van der Waals surface area contributed by atoms with E-state index in [1.807, 2.05) is 38.1 Å². The lowest BCUT2D eigenvalue weighted by Crippen LogP contribution is -2.42. The Morgan fingerprint density at radius 1 is 1.00 bits per heavy atom. The fourth-order valence-corrected chi connectivity index (χ4v) is 3.26. The average molecular weight is 392 g/mol. The minimum atomic E-state index is -1.14. The quantitative estimate of drug-likeness (QED) is 0.443. The first-order valence-electron chi connectivity index (χ1n) is 9.25. The molecule has 148 valence electrons. The first-order chi connectivity index (χ1) is 13.9. The smallest absolute Gasteiger partial charge is 0.338 e. The van der Waals surface area contributed by atoms with Crippen molar-refractivity contribution in [1.29, 1.82) is 0 Å². The molecule has 0 aliphatic carbocycles. The fourth-order valence-electron chi connectivity index (χ4n) is 3.26. The maximum absolute atomic E-state index is 12.6. The van der Waals surface area contributed by atoms with E-state index in [1.165, 1.54) is 0 Å². The van der Waals surface area contributed by atoms with Crippen LogP contribution in [0.4, 0.5) is 0 Å². The third-order valence-electron chi connectivity index (χ3n) is 5.07. The SMILES string of the molecule is C#C[C@]12O[C@H]1O[C@H](COC(=O)c1ccc(C)cc1)[C@H]2OC(=O)c1ccc(C)cc1. The molecule has 0 aromatic heterocycles. The van der Waals surface area contributed by atoms with Gasteiger partial charge in [-0.25, -0.2) is 9.59 Å². The fraction of sp³-hybridized carbons (Fsp3) is 0.304. The van der Waals surface area contributed by atoms with E-state index in [9.17, 15) is 9.59 Å². The van der Waals surface area contributed by atoms with Gasteiger partial charge in [0.05, 0.1) is 11.1 Å². The molecule has 6 nitrogen and oxygen atoms in total. The lowest BCUT2D eigenvalue weighted by atomic mass is 10.0. The number of esters is 2. The zero-order valence-corrected chi connectivity index (χ0v) is 16.1. The summed E-state index contributed by atoms with van der Waals surface area (Å²) in [5, 5.41) is 0.